The Balaban J connectivity index is 1.82. The lowest BCUT2D eigenvalue weighted by molar-refractivity contribution is -0.123. The molecule has 1 amide bonds. The Morgan fingerprint density at radius 2 is 1.73 bits per heavy atom. The van der Waals surface area contributed by atoms with E-state index in [0.717, 1.165) is 16.9 Å². The molecule has 6 rings (SSSR count). The molecule has 0 fully saturated rings. The zero-order chi connectivity index (χ0) is 26.1. The number of para-hydroxylation sites is 1. The largest absolute Gasteiger partial charge is 0.324 e. The monoisotopic (exact) mass is 508 g/mol. The van der Waals surface area contributed by atoms with Crippen LogP contribution in [0.15, 0.2) is 83.8 Å². The van der Waals surface area contributed by atoms with Crippen molar-refractivity contribution in [2.75, 3.05) is 10.2 Å². The van der Waals surface area contributed by atoms with Crippen LogP contribution in [0, 0.1) is 23.7 Å². The average molecular weight is 509 g/mol. The highest BCUT2D eigenvalue weighted by Gasteiger charge is 2.61. The van der Waals surface area contributed by atoms with Crippen LogP contribution < -0.4 is 10.2 Å². The average Bonchev–Trinajstić information content (AvgIpc) is 3.47. The molecule has 1 aromatic heterocycles. The molecule has 3 aromatic rings. The summed E-state index contributed by atoms with van der Waals surface area (Å²) in [5, 5.41) is 14.4. The fraction of sp³-hybridized carbons (Fsp3) is 0.233. The summed E-state index contributed by atoms with van der Waals surface area (Å²) in [6.45, 7) is 6.05. The molecular formula is C30H25ClN4O2. The van der Waals surface area contributed by atoms with Crippen molar-refractivity contribution in [3.05, 3.63) is 100.0 Å². The van der Waals surface area contributed by atoms with E-state index in [1.165, 1.54) is 0 Å². The molecule has 3 heterocycles. The van der Waals surface area contributed by atoms with Crippen LogP contribution >= 0.6 is 11.6 Å². The van der Waals surface area contributed by atoms with Crippen molar-refractivity contribution in [2.45, 2.75) is 39.0 Å². The van der Waals surface area contributed by atoms with Crippen molar-refractivity contribution in [2.24, 2.45) is 5.41 Å². The lowest BCUT2D eigenvalue weighted by Gasteiger charge is -2.48. The topological polar surface area (TPSA) is 78.1 Å². The SMILES string of the molecule is Cc1c(Cl)cccc1N1C2=C(C(=O)CC(C)(C)C2)[C@]2(C(=O)Nc3ccccc32)C(C#N)=C1n1cccc1. The molecule has 37 heavy (non-hydrogen) atoms. The van der Waals surface area contributed by atoms with Crippen LogP contribution in [0.4, 0.5) is 11.4 Å². The molecule has 2 aliphatic heterocycles. The molecule has 2 aromatic carbocycles. The Hall–Kier alpha value is -4.08. The molecule has 0 unspecified atom stereocenters. The number of carbonyl (C=O) groups excluding carboxylic acids is 2. The van der Waals surface area contributed by atoms with E-state index in [2.05, 4.69) is 25.2 Å². The highest BCUT2D eigenvalue weighted by molar-refractivity contribution is 6.31. The molecule has 1 N–H and O–H groups in total. The minimum atomic E-state index is -1.54. The van der Waals surface area contributed by atoms with Crippen molar-refractivity contribution in [3.8, 4) is 6.07 Å². The maximum atomic E-state index is 14.1. The van der Waals surface area contributed by atoms with E-state index in [1.54, 1.807) is 0 Å². The van der Waals surface area contributed by atoms with Gasteiger partial charge in [0.15, 0.2) is 5.78 Å². The van der Waals surface area contributed by atoms with Gasteiger partial charge in [-0.2, -0.15) is 5.26 Å². The molecule has 0 bridgehead atoms. The summed E-state index contributed by atoms with van der Waals surface area (Å²) in [6.07, 6.45) is 4.53. The standard InChI is InChI=1S/C30H25ClN4O2/c1-18-21(31)10-8-12-23(18)35-24-15-29(2,3)16-25(36)26(24)30(19-9-4-5-11-22(19)33-28(30)37)20(17-32)27(35)34-13-6-7-14-34/h4-14H,15-16H2,1-3H3,(H,33,37)/t30-/m1/s1. The van der Waals surface area contributed by atoms with Crippen LogP contribution in [-0.4, -0.2) is 16.3 Å². The maximum Gasteiger partial charge on any atom is 0.245 e. The van der Waals surface area contributed by atoms with Gasteiger partial charge in [-0.05, 0) is 54.7 Å². The third-order valence-corrected chi connectivity index (χ3v) is 8.08. The Morgan fingerprint density at radius 1 is 1.00 bits per heavy atom. The van der Waals surface area contributed by atoms with Gasteiger partial charge in [0.2, 0.25) is 5.91 Å². The number of Topliss-reactive ketones (excluding diaryl/α,β-unsaturated/α-hetero) is 1. The molecule has 0 radical (unpaired) electrons. The second-order valence-corrected chi connectivity index (χ2v) is 11.0. The fourth-order valence-electron chi connectivity index (χ4n) is 6.14. The molecule has 0 saturated heterocycles. The van der Waals surface area contributed by atoms with Gasteiger partial charge in [0, 0.05) is 46.4 Å². The number of rotatable bonds is 2. The number of aromatic nitrogens is 1. The zero-order valence-corrected chi connectivity index (χ0v) is 21.6. The van der Waals surface area contributed by atoms with Gasteiger partial charge in [0.1, 0.15) is 17.3 Å². The first kappa shape index (κ1) is 23.3. The number of benzene rings is 2. The zero-order valence-electron chi connectivity index (χ0n) is 20.8. The number of nitrogens with zero attached hydrogens (tertiary/aromatic N) is 3. The van der Waals surface area contributed by atoms with Crippen LogP contribution in [0.3, 0.4) is 0 Å². The molecular weight excluding hydrogens is 484 g/mol. The van der Waals surface area contributed by atoms with E-state index in [0.29, 0.717) is 34.1 Å². The number of hydrogen-bond acceptors (Lipinski definition) is 4. The summed E-state index contributed by atoms with van der Waals surface area (Å²) in [4.78, 5) is 30.2. The van der Waals surface area contributed by atoms with E-state index in [9.17, 15) is 14.9 Å². The number of nitrogens with one attached hydrogen (secondary N) is 1. The minimum absolute atomic E-state index is 0.123. The van der Waals surface area contributed by atoms with Crippen LogP contribution in [-0.2, 0) is 15.0 Å². The molecule has 1 spiro atoms. The predicted molar refractivity (Wildman–Crippen MR) is 144 cm³/mol. The van der Waals surface area contributed by atoms with Crippen LogP contribution in [0.2, 0.25) is 5.02 Å². The van der Waals surface area contributed by atoms with Crippen LogP contribution in [0.25, 0.3) is 5.82 Å². The van der Waals surface area contributed by atoms with Gasteiger partial charge in [0.05, 0.1) is 11.3 Å². The Kier molecular flexibility index (Phi) is 5.02. The molecule has 7 heteroatoms. The smallest absolute Gasteiger partial charge is 0.245 e. The molecule has 0 saturated carbocycles. The van der Waals surface area contributed by atoms with Gasteiger partial charge < -0.3 is 9.88 Å². The molecule has 184 valence electrons. The van der Waals surface area contributed by atoms with E-state index in [1.807, 2.05) is 83.4 Å². The minimum Gasteiger partial charge on any atom is -0.324 e. The number of carbonyl (C=O) groups is 2. The van der Waals surface area contributed by atoms with Crippen LogP contribution in [0.1, 0.15) is 37.8 Å². The number of hydrogen-bond donors (Lipinski definition) is 1. The number of nitriles is 1. The number of anilines is 2. The summed E-state index contributed by atoms with van der Waals surface area (Å²) >= 11 is 6.58. The molecule has 1 atom stereocenters. The highest BCUT2D eigenvalue weighted by Crippen LogP contribution is 2.58. The van der Waals surface area contributed by atoms with Gasteiger partial charge in [-0.3, -0.25) is 14.5 Å². The quantitative estimate of drug-likeness (QED) is 0.447. The van der Waals surface area contributed by atoms with Crippen molar-refractivity contribution in [1.82, 2.24) is 4.57 Å². The second-order valence-electron chi connectivity index (χ2n) is 10.6. The summed E-state index contributed by atoms with van der Waals surface area (Å²) in [5.41, 5.74) is 2.25. The summed E-state index contributed by atoms with van der Waals surface area (Å²) in [5.74, 6) is 0.0222. The third-order valence-electron chi connectivity index (χ3n) is 7.67. The summed E-state index contributed by atoms with van der Waals surface area (Å²) < 4.78 is 1.85. The number of amides is 1. The fourth-order valence-corrected chi connectivity index (χ4v) is 6.31. The molecule has 1 aliphatic carbocycles. The first-order chi connectivity index (χ1) is 17.7. The van der Waals surface area contributed by atoms with E-state index in [4.69, 9.17) is 11.6 Å². The molecule has 3 aliphatic rings. The maximum absolute atomic E-state index is 14.1. The Morgan fingerprint density at radius 3 is 2.46 bits per heavy atom. The first-order valence-electron chi connectivity index (χ1n) is 12.2. The lowest BCUT2D eigenvalue weighted by atomic mass is 9.60. The summed E-state index contributed by atoms with van der Waals surface area (Å²) in [6, 6.07) is 19.1. The summed E-state index contributed by atoms with van der Waals surface area (Å²) in [7, 11) is 0. The second kappa shape index (κ2) is 7.96. The van der Waals surface area contributed by atoms with Crippen molar-refractivity contribution >= 4 is 40.5 Å². The van der Waals surface area contributed by atoms with E-state index in [-0.39, 0.29) is 29.1 Å². The lowest BCUT2D eigenvalue weighted by Crippen LogP contribution is -2.51. The highest BCUT2D eigenvalue weighted by atomic mass is 35.5. The van der Waals surface area contributed by atoms with Crippen molar-refractivity contribution < 1.29 is 9.59 Å². The van der Waals surface area contributed by atoms with E-state index < -0.39 is 5.41 Å². The van der Waals surface area contributed by atoms with Crippen molar-refractivity contribution in [3.63, 3.8) is 0 Å². The van der Waals surface area contributed by atoms with Gasteiger partial charge in [-0.15, -0.1) is 0 Å². The van der Waals surface area contributed by atoms with E-state index >= 15 is 0 Å². The van der Waals surface area contributed by atoms with Gasteiger partial charge in [-0.1, -0.05) is 49.7 Å². The number of ketones is 1. The number of allylic oxidation sites excluding steroid dienone is 1. The normalized spacial score (nSPS) is 22.2. The number of halogens is 1. The Labute approximate surface area is 220 Å². The van der Waals surface area contributed by atoms with Gasteiger partial charge in [0.25, 0.3) is 0 Å². The van der Waals surface area contributed by atoms with Crippen LogP contribution in [0.5, 0.6) is 0 Å². The van der Waals surface area contributed by atoms with Crippen molar-refractivity contribution in [1.29, 1.82) is 5.26 Å². The Bertz CT molecular complexity index is 1610. The van der Waals surface area contributed by atoms with Gasteiger partial charge in [-0.25, -0.2) is 0 Å². The third kappa shape index (κ3) is 3.11. The number of fused-ring (bicyclic) bond motifs is 3. The first-order valence-corrected chi connectivity index (χ1v) is 12.6. The van der Waals surface area contributed by atoms with Gasteiger partial charge >= 0.3 is 0 Å². The predicted octanol–water partition coefficient (Wildman–Crippen LogP) is 6.20. The molecule has 6 nitrogen and oxygen atoms in total.